The summed E-state index contributed by atoms with van der Waals surface area (Å²) in [7, 11) is 4.04. The zero-order valence-electron chi connectivity index (χ0n) is 16.7. The number of hydrogen-bond acceptors (Lipinski definition) is 3. The number of hydrogen-bond donors (Lipinski definition) is 0. The molecule has 0 saturated carbocycles. The summed E-state index contributed by atoms with van der Waals surface area (Å²) in [5.74, 6) is 0.113. The molecule has 0 bridgehead atoms. The molecule has 152 valence electrons. The second-order valence-electron chi connectivity index (χ2n) is 7.65. The highest BCUT2D eigenvalue weighted by Gasteiger charge is 2.12. The molecule has 1 fully saturated rings. The third-order valence-electron chi connectivity index (χ3n) is 5.26. The Morgan fingerprint density at radius 1 is 1.00 bits per heavy atom. The molecular formula is C21H33Cl2N3O. The SMILES string of the molecule is CN(CCCCN1CCCC1)CCCN(C)C(=O)Cc1ccc(Cl)c(Cl)c1. The minimum atomic E-state index is 0.113. The molecule has 2 rings (SSSR count). The van der Waals surface area contributed by atoms with Crippen LogP contribution in [0, 0.1) is 0 Å². The molecule has 6 heteroatoms. The number of likely N-dealkylation sites (N-methyl/N-ethyl adjacent to an activating group) is 1. The van der Waals surface area contributed by atoms with Crippen LogP contribution in [0.3, 0.4) is 0 Å². The number of benzene rings is 1. The number of unbranched alkanes of at least 4 members (excludes halogenated alkanes) is 1. The Hall–Kier alpha value is -0.810. The molecule has 1 aromatic carbocycles. The van der Waals surface area contributed by atoms with Crippen molar-refractivity contribution in [3.63, 3.8) is 0 Å². The number of nitrogens with zero attached hydrogens (tertiary/aromatic N) is 3. The zero-order valence-corrected chi connectivity index (χ0v) is 18.2. The number of amides is 1. The molecule has 0 N–H and O–H groups in total. The summed E-state index contributed by atoms with van der Waals surface area (Å²) in [5.41, 5.74) is 0.899. The van der Waals surface area contributed by atoms with Crippen LogP contribution in [-0.2, 0) is 11.2 Å². The summed E-state index contributed by atoms with van der Waals surface area (Å²) in [5, 5.41) is 1.01. The highest BCUT2D eigenvalue weighted by molar-refractivity contribution is 6.42. The van der Waals surface area contributed by atoms with E-state index >= 15 is 0 Å². The van der Waals surface area contributed by atoms with Gasteiger partial charge in [-0.05, 0) is 89.6 Å². The average Bonchev–Trinajstić information content (AvgIpc) is 3.15. The monoisotopic (exact) mass is 413 g/mol. The molecule has 0 aromatic heterocycles. The molecule has 27 heavy (non-hydrogen) atoms. The van der Waals surface area contributed by atoms with Gasteiger partial charge in [-0.1, -0.05) is 29.3 Å². The summed E-state index contributed by atoms with van der Waals surface area (Å²) < 4.78 is 0. The Bertz CT molecular complexity index is 591. The van der Waals surface area contributed by atoms with Crippen molar-refractivity contribution in [1.82, 2.24) is 14.7 Å². The lowest BCUT2D eigenvalue weighted by atomic mass is 10.1. The van der Waals surface area contributed by atoms with E-state index < -0.39 is 0 Å². The third kappa shape index (κ3) is 8.39. The lowest BCUT2D eigenvalue weighted by Gasteiger charge is -2.21. The van der Waals surface area contributed by atoms with Gasteiger partial charge in [-0.3, -0.25) is 4.79 Å². The Morgan fingerprint density at radius 3 is 2.41 bits per heavy atom. The van der Waals surface area contributed by atoms with E-state index in [-0.39, 0.29) is 5.91 Å². The minimum absolute atomic E-state index is 0.113. The third-order valence-corrected chi connectivity index (χ3v) is 6.00. The number of likely N-dealkylation sites (tertiary alicyclic amines) is 1. The average molecular weight is 414 g/mol. The van der Waals surface area contributed by atoms with Crippen LogP contribution in [0.15, 0.2) is 18.2 Å². The lowest BCUT2D eigenvalue weighted by molar-refractivity contribution is -0.129. The molecule has 0 radical (unpaired) electrons. The highest BCUT2D eigenvalue weighted by Crippen LogP contribution is 2.23. The standard InChI is InChI=1S/C21H33Cl2N3O/c1-24(10-3-4-13-26-14-5-6-15-26)11-7-12-25(2)21(27)17-18-8-9-19(22)20(23)16-18/h8-9,16H,3-7,10-15,17H2,1-2H3. The summed E-state index contributed by atoms with van der Waals surface area (Å²) in [4.78, 5) is 19.1. The smallest absolute Gasteiger partial charge is 0.226 e. The first-order valence-electron chi connectivity index (χ1n) is 10.0. The van der Waals surface area contributed by atoms with Gasteiger partial charge in [-0.2, -0.15) is 0 Å². The highest BCUT2D eigenvalue weighted by atomic mass is 35.5. The molecule has 0 atom stereocenters. The molecule has 1 heterocycles. The predicted octanol–water partition coefficient (Wildman–Crippen LogP) is 4.19. The Kier molecular flexibility index (Phi) is 9.91. The molecule has 1 aliphatic rings. The fraction of sp³-hybridized carbons (Fsp3) is 0.667. The van der Waals surface area contributed by atoms with Crippen molar-refractivity contribution in [2.24, 2.45) is 0 Å². The summed E-state index contributed by atoms with van der Waals surface area (Å²) in [6.07, 6.45) is 6.63. The van der Waals surface area contributed by atoms with E-state index in [1.807, 2.05) is 18.0 Å². The van der Waals surface area contributed by atoms with Crippen LogP contribution in [0.2, 0.25) is 10.0 Å². The van der Waals surface area contributed by atoms with Gasteiger partial charge in [0.1, 0.15) is 0 Å². The first kappa shape index (κ1) is 22.5. The molecular weight excluding hydrogens is 381 g/mol. The molecule has 4 nitrogen and oxygen atoms in total. The summed E-state index contributed by atoms with van der Waals surface area (Å²) in [6.45, 7) is 6.76. The van der Waals surface area contributed by atoms with Gasteiger partial charge in [0.05, 0.1) is 16.5 Å². The first-order valence-corrected chi connectivity index (χ1v) is 10.8. The van der Waals surface area contributed by atoms with E-state index in [0.717, 1.165) is 31.6 Å². The van der Waals surface area contributed by atoms with Gasteiger partial charge in [-0.25, -0.2) is 0 Å². The number of carbonyl (C=O) groups is 1. The van der Waals surface area contributed by atoms with Crippen molar-refractivity contribution in [2.45, 2.75) is 38.5 Å². The van der Waals surface area contributed by atoms with Crippen LogP contribution in [0.25, 0.3) is 0 Å². The zero-order chi connectivity index (χ0) is 19.6. The number of rotatable bonds is 11. The molecule has 0 aliphatic carbocycles. The minimum Gasteiger partial charge on any atom is -0.345 e. The van der Waals surface area contributed by atoms with Gasteiger partial charge in [0.2, 0.25) is 5.91 Å². The fourth-order valence-electron chi connectivity index (χ4n) is 3.50. The lowest BCUT2D eigenvalue weighted by Crippen LogP contribution is -2.31. The van der Waals surface area contributed by atoms with Crippen molar-refractivity contribution >= 4 is 29.1 Å². The quantitative estimate of drug-likeness (QED) is 0.508. The number of halogens is 2. The normalized spacial score (nSPS) is 14.9. The predicted molar refractivity (Wildman–Crippen MR) is 115 cm³/mol. The van der Waals surface area contributed by atoms with Crippen LogP contribution in [-0.4, -0.2) is 74.0 Å². The van der Waals surface area contributed by atoms with E-state index in [0.29, 0.717) is 16.5 Å². The van der Waals surface area contributed by atoms with Crippen molar-refractivity contribution < 1.29 is 4.79 Å². The van der Waals surface area contributed by atoms with Gasteiger partial charge in [0.15, 0.2) is 0 Å². The summed E-state index contributed by atoms with van der Waals surface area (Å²) in [6, 6.07) is 5.37. The van der Waals surface area contributed by atoms with Crippen LogP contribution in [0.5, 0.6) is 0 Å². The van der Waals surface area contributed by atoms with E-state index in [2.05, 4.69) is 16.8 Å². The van der Waals surface area contributed by atoms with Crippen molar-refractivity contribution in [3.05, 3.63) is 33.8 Å². The van der Waals surface area contributed by atoms with Crippen LogP contribution in [0.1, 0.15) is 37.7 Å². The first-order chi connectivity index (χ1) is 13.0. The van der Waals surface area contributed by atoms with Crippen molar-refractivity contribution in [3.8, 4) is 0 Å². The van der Waals surface area contributed by atoms with E-state index in [9.17, 15) is 4.79 Å². The maximum atomic E-state index is 12.4. The molecule has 0 unspecified atom stereocenters. The van der Waals surface area contributed by atoms with Gasteiger partial charge in [0.25, 0.3) is 0 Å². The molecule has 1 aromatic rings. The maximum Gasteiger partial charge on any atom is 0.226 e. The van der Waals surface area contributed by atoms with Crippen molar-refractivity contribution in [2.75, 3.05) is 53.4 Å². The number of carbonyl (C=O) groups excluding carboxylic acids is 1. The van der Waals surface area contributed by atoms with Gasteiger partial charge >= 0.3 is 0 Å². The topological polar surface area (TPSA) is 26.8 Å². The second-order valence-corrected chi connectivity index (χ2v) is 8.47. The Balaban J connectivity index is 1.56. The van der Waals surface area contributed by atoms with Crippen LogP contribution < -0.4 is 0 Å². The fourth-order valence-corrected chi connectivity index (χ4v) is 3.82. The van der Waals surface area contributed by atoms with Gasteiger partial charge in [-0.15, -0.1) is 0 Å². The van der Waals surface area contributed by atoms with Gasteiger partial charge in [0, 0.05) is 13.6 Å². The largest absolute Gasteiger partial charge is 0.345 e. The van der Waals surface area contributed by atoms with Crippen LogP contribution >= 0.6 is 23.2 Å². The Labute approximate surface area is 174 Å². The maximum absolute atomic E-state index is 12.4. The van der Waals surface area contributed by atoms with E-state index in [1.54, 1.807) is 12.1 Å². The molecule has 0 spiro atoms. The Morgan fingerprint density at radius 2 is 1.70 bits per heavy atom. The second kappa shape index (κ2) is 11.9. The molecule has 1 aliphatic heterocycles. The molecule has 1 amide bonds. The summed E-state index contributed by atoms with van der Waals surface area (Å²) >= 11 is 11.9. The van der Waals surface area contributed by atoms with Crippen molar-refractivity contribution in [1.29, 1.82) is 0 Å². The van der Waals surface area contributed by atoms with Crippen LogP contribution in [0.4, 0.5) is 0 Å². The van der Waals surface area contributed by atoms with Gasteiger partial charge < -0.3 is 14.7 Å². The molecule has 1 saturated heterocycles. The van der Waals surface area contributed by atoms with E-state index in [1.165, 1.54) is 45.3 Å². The van der Waals surface area contributed by atoms with E-state index in [4.69, 9.17) is 23.2 Å².